The normalized spacial score (nSPS) is 21.2. The molecule has 2 atom stereocenters. The van der Waals surface area contributed by atoms with Crippen LogP contribution in [0.2, 0.25) is 0 Å². The van der Waals surface area contributed by atoms with E-state index in [0.29, 0.717) is 18.6 Å². The summed E-state index contributed by atoms with van der Waals surface area (Å²) in [5.74, 6) is -0.00105. The second-order valence-electron chi connectivity index (χ2n) is 9.08. The van der Waals surface area contributed by atoms with Crippen molar-refractivity contribution in [1.29, 1.82) is 0 Å². The van der Waals surface area contributed by atoms with E-state index in [0.717, 1.165) is 53.9 Å². The summed E-state index contributed by atoms with van der Waals surface area (Å²) in [4.78, 5) is 23.1. The van der Waals surface area contributed by atoms with Crippen LogP contribution in [0.4, 0.5) is 0 Å². The van der Waals surface area contributed by atoms with E-state index in [-0.39, 0.29) is 5.91 Å². The summed E-state index contributed by atoms with van der Waals surface area (Å²) in [6.07, 6.45) is 4.71. The summed E-state index contributed by atoms with van der Waals surface area (Å²) in [7, 11) is 0. The predicted molar refractivity (Wildman–Crippen MR) is 134 cm³/mol. The number of piperazine rings is 1. The van der Waals surface area contributed by atoms with Gasteiger partial charge in [-0.05, 0) is 50.6 Å². The lowest BCUT2D eigenvalue weighted by Gasteiger charge is -2.44. The number of rotatable bonds is 7. The minimum absolute atomic E-state index is 0.00105. The first kappa shape index (κ1) is 22.2. The third kappa shape index (κ3) is 4.86. The van der Waals surface area contributed by atoms with Crippen LogP contribution in [0.15, 0.2) is 64.7 Å². The molecule has 172 valence electrons. The van der Waals surface area contributed by atoms with E-state index in [4.69, 9.17) is 0 Å². The van der Waals surface area contributed by atoms with Gasteiger partial charge in [0.15, 0.2) is 0 Å². The zero-order valence-corrected chi connectivity index (χ0v) is 20.1. The van der Waals surface area contributed by atoms with Crippen LogP contribution in [0.5, 0.6) is 0 Å². The van der Waals surface area contributed by atoms with Crippen LogP contribution in [0, 0.1) is 0 Å². The Hall–Kier alpha value is -2.61. The topological polar surface area (TPSA) is 52.9 Å². The van der Waals surface area contributed by atoms with Gasteiger partial charge in [-0.1, -0.05) is 48.2 Å². The van der Waals surface area contributed by atoms with Crippen LogP contribution in [0.3, 0.4) is 0 Å². The van der Waals surface area contributed by atoms with Gasteiger partial charge in [-0.3, -0.25) is 14.1 Å². The standard InChI is InChI=1S/C26H31N5OS/c1-19-16-29(17-20(2)30(19)18-21-8-4-3-5-9-21)13-7-12-27-26(32)23-14-22-15-28-24-10-6-11-25(33-23)31(22)24/h3-6,8-11,14-15,19-20H,7,12-13,16-18H2,1-2H3,(H,27,32)/t19-,20+. The lowest BCUT2D eigenvalue weighted by Crippen LogP contribution is -2.56. The average molecular weight is 462 g/mol. The van der Waals surface area contributed by atoms with Crippen molar-refractivity contribution in [1.82, 2.24) is 24.5 Å². The molecule has 0 aliphatic carbocycles. The number of imidazole rings is 1. The number of benzene rings is 1. The van der Waals surface area contributed by atoms with Gasteiger partial charge in [0.25, 0.3) is 5.91 Å². The Balaban J connectivity index is 1.09. The van der Waals surface area contributed by atoms with Crippen molar-refractivity contribution in [2.75, 3.05) is 26.2 Å². The molecule has 0 spiro atoms. The predicted octanol–water partition coefficient (Wildman–Crippen LogP) is 3.88. The Labute approximate surface area is 199 Å². The molecule has 0 saturated carbocycles. The summed E-state index contributed by atoms with van der Waals surface area (Å²) in [6.45, 7) is 9.49. The van der Waals surface area contributed by atoms with Gasteiger partial charge in [-0.2, -0.15) is 0 Å². The molecule has 3 aromatic rings. The molecular weight excluding hydrogens is 430 g/mol. The van der Waals surface area contributed by atoms with Gasteiger partial charge in [0, 0.05) is 38.3 Å². The third-order valence-electron chi connectivity index (χ3n) is 6.56. The first-order chi connectivity index (χ1) is 16.1. The highest BCUT2D eigenvalue weighted by Crippen LogP contribution is 2.34. The molecule has 1 saturated heterocycles. The zero-order valence-electron chi connectivity index (χ0n) is 19.3. The number of amides is 1. The van der Waals surface area contributed by atoms with Crippen LogP contribution in [0.1, 0.15) is 31.5 Å². The Kier molecular flexibility index (Phi) is 6.53. The van der Waals surface area contributed by atoms with Gasteiger partial charge in [0.2, 0.25) is 0 Å². The van der Waals surface area contributed by atoms with Gasteiger partial charge >= 0.3 is 0 Å². The largest absolute Gasteiger partial charge is 0.352 e. The maximum Gasteiger partial charge on any atom is 0.258 e. The lowest BCUT2D eigenvalue weighted by atomic mass is 10.1. The van der Waals surface area contributed by atoms with Gasteiger partial charge in [0.05, 0.1) is 21.8 Å². The van der Waals surface area contributed by atoms with Crippen molar-refractivity contribution in [2.45, 2.75) is 43.9 Å². The number of carbonyl (C=O) groups is 1. The van der Waals surface area contributed by atoms with E-state index in [1.165, 1.54) is 17.3 Å². The number of nitrogens with one attached hydrogen (secondary N) is 1. The molecule has 0 radical (unpaired) electrons. The summed E-state index contributed by atoms with van der Waals surface area (Å²) in [6, 6.07) is 17.8. The zero-order chi connectivity index (χ0) is 22.8. The first-order valence-corrected chi connectivity index (χ1v) is 12.6. The molecule has 0 unspecified atom stereocenters. The van der Waals surface area contributed by atoms with E-state index in [1.54, 1.807) is 0 Å². The van der Waals surface area contributed by atoms with Gasteiger partial charge in [-0.25, -0.2) is 4.98 Å². The molecule has 6 nitrogen and oxygen atoms in total. The molecule has 4 heterocycles. The second-order valence-corrected chi connectivity index (χ2v) is 10.1. The Morgan fingerprint density at radius 1 is 1.09 bits per heavy atom. The van der Waals surface area contributed by atoms with Crippen molar-refractivity contribution in [3.05, 3.63) is 70.9 Å². The molecule has 1 N–H and O–H groups in total. The molecule has 5 rings (SSSR count). The smallest absolute Gasteiger partial charge is 0.258 e. The Morgan fingerprint density at radius 3 is 2.67 bits per heavy atom. The minimum Gasteiger partial charge on any atom is -0.352 e. The fourth-order valence-corrected chi connectivity index (χ4v) is 5.95. The summed E-state index contributed by atoms with van der Waals surface area (Å²) < 4.78 is 2.08. The highest BCUT2D eigenvalue weighted by Gasteiger charge is 2.29. The third-order valence-corrected chi connectivity index (χ3v) is 7.61. The van der Waals surface area contributed by atoms with Crippen molar-refractivity contribution < 1.29 is 4.79 Å². The maximum atomic E-state index is 12.8. The molecule has 2 aromatic heterocycles. The Bertz CT molecular complexity index is 1150. The Morgan fingerprint density at radius 2 is 1.88 bits per heavy atom. The molecule has 1 fully saturated rings. The molecule has 1 amide bonds. The van der Waals surface area contributed by atoms with Crippen LogP contribution >= 0.6 is 11.8 Å². The number of aromatic nitrogens is 2. The van der Waals surface area contributed by atoms with E-state index < -0.39 is 0 Å². The maximum absolute atomic E-state index is 12.8. The molecule has 33 heavy (non-hydrogen) atoms. The van der Waals surface area contributed by atoms with Gasteiger partial charge in [-0.15, -0.1) is 0 Å². The molecule has 1 aromatic carbocycles. The molecule has 2 aliphatic rings. The second kappa shape index (κ2) is 9.71. The number of carbonyl (C=O) groups excluding carboxylic acids is 1. The lowest BCUT2D eigenvalue weighted by molar-refractivity contribution is -0.116. The van der Waals surface area contributed by atoms with E-state index >= 15 is 0 Å². The fraction of sp³-hybridized carbons (Fsp3) is 0.385. The van der Waals surface area contributed by atoms with E-state index in [2.05, 4.69) is 68.7 Å². The van der Waals surface area contributed by atoms with Crippen molar-refractivity contribution in [3.63, 3.8) is 0 Å². The number of hydrogen-bond acceptors (Lipinski definition) is 5. The number of hydrogen-bond donors (Lipinski definition) is 1. The van der Waals surface area contributed by atoms with Gasteiger partial charge < -0.3 is 10.2 Å². The van der Waals surface area contributed by atoms with Crippen LogP contribution in [-0.4, -0.2) is 63.4 Å². The van der Waals surface area contributed by atoms with Crippen molar-refractivity contribution in [2.24, 2.45) is 0 Å². The van der Waals surface area contributed by atoms with E-state index in [1.807, 2.05) is 30.5 Å². The SMILES string of the molecule is C[C@@H]1CN(CCCNC(=O)C2=Cc3cnc4cccc(n34)S2)C[C@H](C)N1Cc1ccccc1. The average Bonchev–Trinajstić information content (AvgIpc) is 3.24. The fourth-order valence-electron chi connectivity index (χ4n) is 4.94. The highest BCUT2D eigenvalue weighted by molar-refractivity contribution is 8.04. The number of thioether (sulfide) groups is 1. The van der Waals surface area contributed by atoms with Gasteiger partial charge in [0.1, 0.15) is 5.65 Å². The van der Waals surface area contributed by atoms with Crippen LogP contribution in [0.25, 0.3) is 11.7 Å². The highest BCUT2D eigenvalue weighted by atomic mass is 32.2. The minimum atomic E-state index is -0.00105. The van der Waals surface area contributed by atoms with Crippen LogP contribution < -0.4 is 5.32 Å². The summed E-state index contributed by atoms with van der Waals surface area (Å²) in [5, 5.41) is 4.15. The quantitative estimate of drug-likeness (QED) is 0.541. The first-order valence-electron chi connectivity index (χ1n) is 11.7. The summed E-state index contributed by atoms with van der Waals surface area (Å²) in [5.41, 5.74) is 3.25. The number of pyridine rings is 1. The van der Waals surface area contributed by atoms with Crippen molar-refractivity contribution in [3.8, 4) is 0 Å². The molecule has 7 heteroatoms. The monoisotopic (exact) mass is 461 g/mol. The van der Waals surface area contributed by atoms with Crippen LogP contribution in [-0.2, 0) is 11.3 Å². The molecular formula is C26H31N5OS. The van der Waals surface area contributed by atoms with Crippen molar-refractivity contribution >= 4 is 29.4 Å². The summed E-state index contributed by atoms with van der Waals surface area (Å²) >= 11 is 1.51. The van der Waals surface area contributed by atoms with E-state index in [9.17, 15) is 4.79 Å². The number of nitrogens with zero attached hydrogens (tertiary/aromatic N) is 4. The molecule has 2 aliphatic heterocycles. The molecule has 0 bridgehead atoms.